The van der Waals surface area contributed by atoms with Crippen LogP contribution in [0.4, 0.5) is 5.00 Å². The number of Topliss-reactive ketones (excluding diaryl/α,β-unsaturated/α-hetero) is 1. The van der Waals surface area contributed by atoms with Gasteiger partial charge in [0.2, 0.25) is 5.91 Å². The van der Waals surface area contributed by atoms with Crippen molar-refractivity contribution in [3.63, 3.8) is 0 Å². The van der Waals surface area contributed by atoms with Gasteiger partial charge in [0, 0.05) is 34.9 Å². The summed E-state index contributed by atoms with van der Waals surface area (Å²) in [6.45, 7) is 4.21. The molecule has 2 aromatic carbocycles. The molecule has 3 aliphatic rings. The second-order valence-electron chi connectivity index (χ2n) is 11.3. The number of ketones is 1. The average molecular weight is 495 g/mol. The highest BCUT2D eigenvalue weighted by Gasteiger charge is 2.45. The van der Waals surface area contributed by atoms with Crippen molar-refractivity contribution in [2.45, 2.75) is 71.1 Å². The fraction of sp³-hybridized carbons (Fsp3) is 0.387. The summed E-state index contributed by atoms with van der Waals surface area (Å²) in [6.07, 6.45) is 6.61. The number of nitrogens with zero attached hydrogens (tertiary/aromatic N) is 2. The van der Waals surface area contributed by atoms with Gasteiger partial charge in [0.05, 0.1) is 5.56 Å². The summed E-state index contributed by atoms with van der Waals surface area (Å²) in [4.78, 5) is 30.7. The topological polar surface area (TPSA) is 61.2 Å². The molecular formula is C31H30N2O2S. The number of carbonyl (C=O) groups is 2. The Morgan fingerprint density at radius 3 is 2.58 bits per heavy atom. The summed E-state index contributed by atoms with van der Waals surface area (Å²) >= 11 is 1.60. The molecule has 0 unspecified atom stereocenters. The third kappa shape index (κ3) is 3.79. The lowest BCUT2D eigenvalue weighted by molar-refractivity contribution is -0.120. The van der Waals surface area contributed by atoms with Crippen molar-refractivity contribution in [1.29, 1.82) is 5.26 Å². The molecule has 1 aromatic heterocycles. The van der Waals surface area contributed by atoms with E-state index in [4.69, 9.17) is 0 Å². The Balaban J connectivity index is 1.53. The number of carbonyl (C=O) groups excluding carboxylic acids is 2. The number of anilines is 1. The SMILES string of the molecule is CC1(C)CC(=O)C2=C(C1)N(c1sc3c(c1C#N)CCCCC3)C(=O)C[C@H]2c1ccc2ccccc2c1. The predicted octanol–water partition coefficient (Wildman–Crippen LogP) is 7.21. The molecule has 0 fully saturated rings. The van der Waals surface area contributed by atoms with Crippen molar-refractivity contribution < 1.29 is 9.59 Å². The summed E-state index contributed by atoms with van der Waals surface area (Å²) in [5, 5.41) is 13.2. The number of nitriles is 1. The first-order valence-electron chi connectivity index (χ1n) is 13.0. The number of thiophene rings is 1. The zero-order valence-corrected chi connectivity index (χ0v) is 21.7. The lowest BCUT2D eigenvalue weighted by atomic mass is 9.69. The van der Waals surface area contributed by atoms with Gasteiger partial charge in [0.1, 0.15) is 11.1 Å². The maximum Gasteiger partial charge on any atom is 0.232 e. The number of aryl methyl sites for hydroxylation is 1. The summed E-state index contributed by atoms with van der Waals surface area (Å²) in [5.74, 6) is -0.126. The van der Waals surface area contributed by atoms with Crippen LogP contribution in [0.5, 0.6) is 0 Å². The molecule has 0 saturated carbocycles. The predicted molar refractivity (Wildman–Crippen MR) is 144 cm³/mol. The third-order valence-corrected chi connectivity index (χ3v) is 9.31. The maximum atomic E-state index is 13.9. The van der Waals surface area contributed by atoms with E-state index in [1.165, 1.54) is 11.3 Å². The van der Waals surface area contributed by atoms with Gasteiger partial charge >= 0.3 is 0 Å². The molecule has 1 atom stereocenters. The summed E-state index contributed by atoms with van der Waals surface area (Å²) in [6, 6.07) is 16.9. The lowest BCUT2D eigenvalue weighted by Crippen LogP contribution is -2.43. The van der Waals surface area contributed by atoms with Gasteiger partial charge in [-0.3, -0.25) is 14.5 Å². The van der Waals surface area contributed by atoms with E-state index in [0.29, 0.717) is 18.4 Å². The first-order chi connectivity index (χ1) is 17.4. The van der Waals surface area contributed by atoms with Crippen LogP contribution in [-0.4, -0.2) is 11.7 Å². The number of amides is 1. The van der Waals surface area contributed by atoms with Crippen molar-refractivity contribution in [3.8, 4) is 6.07 Å². The molecule has 0 saturated heterocycles. The van der Waals surface area contributed by atoms with Gasteiger partial charge in [-0.2, -0.15) is 5.26 Å². The minimum Gasteiger partial charge on any atom is -0.294 e. The van der Waals surface area contributed by atoms with Crippen LogP contribution in [-0.2, 0) is 22.4 Å². The molecule has 3 aromatic rings. The quantitative estimate of drug-likeness (QED) is 0.354. The van der Waals surface area contributed by atoms with E-state index in [-0.39, 0.29) is 29.4 Å². The fourth-order valence-corrected chi connectivity index (χ4v) is 7.74. The summed E-state index contributed by atoms with van der Waals surface area (Å²) < 4.78 is 0. The van der Waals surface area contributed by atoms with Gasteiger partial charge in [-0.15, -0.1) is 11.3 Å². The van der Waals surface area contributed by atoms with E-state index in [9.17, 15) is 14.9 Å². The van der Waals surface area contributed by atoms with E-state index in [1.54, 1.807) is 16.2 Å². The van der Waals surface area contributed by atoms with Crippen LogP contribution in [0.2, 0.25) is 0 Å². The number of allylic oxidation sites excluding steroid dienone is 2. The van der Waals surface area contributed by atoms with E-state index in [1.807, 2.05) is 12.1 Å². The van der Waals surface area contributed by atoms with E-state index < -0.39 is 0 Å². The van der Waals surface area contributed by atoms with E-state index in [2.05, 4.69) is 50.2 Å². The number of hydrogen-bond acceptors (Lipinski definition) is 4. The Morgan fingerprint density at radius 2 is 1.78 bits per heavy atom. The van der Waals surface area contributed by atoms with Crippen LogP contribution in [0.25, 0.3) is 10.8 Å². The summed E-state index contributed by atoms with van der Waals surface area (Å²) in [7, 11) is 0. The van der Waals surface area contributed by atoms with E-state index in [0.717, 1.165) is 63.9 Å². The van der Waals surface area contributed by atoms with Gasteiger partial charge < -0.3 is 0 Å². The van der Waals surface area contributed by atoms with Crippen molar-refractivity contribution >= 4 is 38.8 Å². The van der Waals surface area contributed by atoms with Gasteiger partial charge in [-0.1, -0.05) is 62.7 Å². The molecular weight excluding hydrogens is 464 g/mol. The zero-order chi connectivity index (χ0) is 25.0. The molecule has 0 radical (unpaired) electrons. The highest BCUT2D eigenvalue weighted by Crippen LogP contribution is 2.51. The van der Waals surface area contributed by atoms with Crippen LogP contribution in [0.15, 0.2) is 53.7 Å². The zero-order valence-electron chi connectivity index (χ0n) is 20.9. The minimum atomic E-state index is -0.250. The number of hydrogen-bond donors (Lipinski definition) is 0. The summed E-state index contributed by atoms with van der Waals surface area (Å²) in [5.41, 5.74) is 4.15. The largest absolute Gasteiger partial charge is 0.294 e. The van der Waals surface area contributed by atoms with Crippen LogP contribution < -0.4 is 4.90 Å². The highest BCUT2D eigenvalue weighted by molar-refractivity contribution is 7.16. The number of fused-ring (bicyclic) bond motifs is 2. The van der Waals surface area contributed by atoms with Gasteiger partial charge in [0.25, 0.3) is 0 Å². The molecule has 4 nitrogen and oxygen atoms in total. The van der Waals surface area contributed by atoms with E-state index >= 15 is 0 Å². The first-order valence-corrected chi connectivity index (χ1v) is 13.8. The number of rotatable bonds is 2. The number of benzene rings is 2. The maximum absolute atomic E-state index is 13.9. The molecule has 182 valence electrons. The monoisotopic (exact) mass is 494 g/mol. The van der Waals surface area contributed by atoms with Crippen LogP contribution >= 0.6 is 11.3 Å². The van der Waals surface area contributed by atoms with Gasteiger partial charge in [-0.05, 0) is 59.4 Å². The second kappa shape index (κ2) is 8.71. The standard InChI is InChI=1S/C31H30N2O2S/c1-31(2)16-25-29(26(34)17-31)23(21-13-12-19-8-6-7-9-20(19)14-21)15-28(35)33(25)30-24(18-32)22-10-4-3-5-11-27(22)36-30/h6-9,12-14,23H,3-5,10-11,15-17H2,1-2H3/t23-/m0/s1. The Morgan fingerprint density at radius 1 is 1.00 bits per heavy atom. The van der Waals surface area contributed by atoms with Crippen molar-refractivity contribution in [2.24, 2.45) is 5.41 Å². The average Bonchev–Trinajstić information content (AvgIpc) is 3.02. The van der Waals surface area contributed by atoms with Crippen LogP contribution in [0, 0.1) is 16.7 Å². The van der Waals surface area contributed by atoms with Crippen LogP contribution in [0.1, 0.15) is 79.9 Å². The highest BCUT2D eigenvalue weighted by atomic mass is 32.1. The normalized spacial score (nSPS) is 21.7. The molecule has 1 amide bonds. The smallest absolute Gasteiger partial charge is 0.232 e. The molecule has 0 spiro atoms. The Bertz CT molecular complexity index is 1490. The second-order valence-corrected chi connectivity index (χ2v) is 12.3. The Kier molecular flexibility index (Phi) is 5.61. The Hall–Kier alpha value is -3.23. The molecule has 36 heavy (non-hydrogen) atoms. The van der Waals surface area contributed by atoms with Gasteiger partial charge in [-0.25, -0.2) is 0 Å². The van der Waals surface area contributed by atoms with Crippen molar-refractivity contribution in [2.75, 3.05) is 4.90 Å². The van der Waals surface area contributed by atoms with Crippen molar-refractivity contribution in [3.05, 3.63) is 75.3 Å². The lowest BCUT2D eigenvalue weighted by Gasteiger charge is -2.42. The molecule has 2 heterocycles. The van der Waals surface area contributed by atoms with Crippen LogP contribution in [0.3, 0.4) is 0 Å². The third-order valence-electron chi connectivity index (χ3n) is 8.04. The van der Waals surface area contributed by atoms with Crippen molar-refractivity contribution in [1.82, 2.24) is 0 Å². The molecule has 2 aliphatic carbocycles. The molecule has 5 heteroatoms. The Labute approximate surface area is 216 Å². The minimum absolute atomic E-state index is 0.00896. The van der Waals surface area contributed by atoms with Gasteiger partial charge in [0.15, 0.2) is 5.78 Å². The fourth-order valence-electron chi connectivity index (χ4n) is 6.36. The molecule has 1 aliphatic heterocycles. The molecule has 6 rings (SSSR count). The molecule has 0 N–H and O–H groups in total. The first kappa shape index (κ1) is 23.2. The molecule has 0 bridgehead atoms.